The van der Waals surface area contributed by atoms with Gasteiger partial charge in [-0.25, -0.2) is 4.79 Å². The summed E-state index contributed by atoms with van der Waals surface area (Å²) < 4.78 is 0.319. The molecule has 1 aliphatic rings. The molecule has 1 fully saturated rings. The van der Waals surface area contributed by atoms with Crippen molar-refractivity contribution in [2.24, 2.45) is 0 Å². The standard InChI is InChI=1S/C14H19NO2S/c1-14(2)10-15(7-8-18-14)9-11-3-5-12(6-4-11)13(16)17/h3-6H,7-10H2,1-2H3,(H,16,17). The van der Waals surface area contributed by atoms with Crippen LogP contribution in [-0.4, -0.2) is 39.6 Å². The molecular formula is C14H19NO2S. The Morgan fingerprint density at radius 2 is 2.06 bits per heavy atom. The minimum absolute atomic E-state index is 0.319. The van der Waals surface area contributed by atoms with Gasteiger partial charge < -0.3 is 5.11 Å². The molecule has 0 radical (unpaired) electrons. The summed E-state index contributed by atoms with van der Waals surface area (Å²) in [5.74, 6) is 0.303. The van der Waals surface area contributed by atoms with Crippen LogP contribution < -0.4 is 0 Å². The molecule has 1 N–H and O–H groups in total. The van der Waals surface area contributed by atoms with Crippen molar-refractivity contribution in [1.29, 1.82) is 0 Å². The van der Waals surface area contributed by atoms with E-state index in [2.05, 4.69) is 18.7 Å². The highest BCUT2D eigenvalue weighted by molar-refractivity contribution is 8.00. The lowest BCUT2D eigenvalue weighted by Gasteiger charge is -2.37. The zero-order chi connectivity index (χ0) is 13.2. The van der Waals surface area contributed by atoms with Crippen molar-refractivity contribution in [2.45, 2.75) is 25.1 Å². The summed E-state index contributed by atoms with van der Waals surface area (Å²) in [6.45, 7) is 7.64. The second kappa shape index (κ2) is 5.33. The molecule has 4 heteroatoms. The molecule has 2 rings (SSSR count). The van der Waals surface area contributed by atoms with Crippen LogP contribution >= 0.6 is 11.8 Å². The highest BCUT2D eigenvalue weighted by atomic mass is 32.2. The zero-order valence-electron chi connectivity index (χ0n) is 10.8. The van der Waals surface area contributed by atoms with Crippen molar-refractivity contribution in [2.75, 3.05) is 18.8 Å². The van der Waals surface area contributed by atoms with Crippen LogP contribution in [0.1, 0.15) is 29.8 Å². The van der Waals surface area contributed by atoms with E-state index in [0.717, 1.165) is 19.6 Å². The Hall–Kier alpha value is -1.00. The Labute approximate surface area is 112 Å². The molecule has 0 amide bonds. The van der Waals surface area contributed by atoms with Gasteiger partial charge in [0.25, 0.3) is 0 Å². The molecule has 18 heavy (non-hydrogen) atoms. The summed E-state index contributed by atoms with van der Waals surface area (Å²) >= 11 is 2.02. The van der Waals surface area contributed by atoms with Gasteiger partial charge >= 0.3 is 5.97 Å². The Balaban J connectivity index is 1.99. The van der Waals surface area contributed by atoms with E-state index in [9.17, 15) is 4.79 Å². The predicted molar refractivity (Wildman–Crippen MR) is 75.2 cm³/mol. The van der Waals surface area contributed by atoms with E-state index in [4.69, 9.17) is 5.11 Å². The number of nitrogens with zero attached hydrogens (tertiary/aromatic N) is 1. The maximum atomic E-state index is 10.8. The molecule has 3 nitrogen and oxygen atoms in total. The van der Waals surface area contributed by atoms with E-state index < -0.39 is 5.97 Å². The first-order valence-electron chi connectivity index (χ1n) is 6.15. The summed E-state index contributed by atoms with van der Waals surface area (Å²) in [6.07, 6.45) is 0. The lowest BCUT2D eigenvalue weighted by atomic mass is 10.1. The number of carboxylic acid groups (broad SMARTS) is 1. The lowest BCUT2D eigenvalue weighted by Crippen LogP contribution is -2.42. The summed E-state index contributed by atoms with van der Waals surface area (Å²) in [4.78, 5) is 13.2. The highest BCUT2D eigenvalue weighted by Gasteiger charge is 2.26. The molecule has 0 unspecified atom stereocenters. The van der Waals surface area contributed by atoms with Crippen LogP contribution in [0.2, 0.25) is 0 Å². The lowest BCUT2D eigenvalue weighted by molar-refractivity contribution is 0.0697. The van der Waals surface area contributed by atoms with E-state index >= 15 is 0 Å². The molecule has 0 aromatic heterocycles. The average molecular weight is 265 g/mol. The summed E-state index contributed by atoms with van der Waals surface area (Å²) in [5.41, 5.74) is 1.54. The molecule has 1 saturated heterocycles. The van der Waals surface area contributed by atoms with Crippen LogP contribution in [0.3, 0.4) is 0 Å². The summed E-state index contributed by atoms with van der Waals surface area (Å²) in [7, 11) is 0. The van der Waals surface area contributed by atoms with Crippen molar-refractivity contribution in [3.05, 3.63) is 35.4 Å². The fourth-order valence-corrected chi connectivity index (χ4v) is 3.44. The zero-order valence-corrected chi connectivity index (χ0v) is 11.7. The number of rotatable bonds is 3. The van der Waals surface area contributed by atoms with Crippen LogP contribution in [0.4, 0.5) is 0 Å². The molecular weight excluding hydrogens is 246 g/mol. The van der Waals surface area contributed by atoms with Crippen LogP contribution in [0.5, 0.6) is 0 Å². The van der Waals surface area contributed by atoms with Crippen molar-refractivity contribution in [3.8, 4) is 0 Å². The molecule has 1 aromatic rings. The normalized spacial score (nSPS) is 19.7. The maximum Gasteiger partial charge on any atom is 0.335 e. The molecule has 98 valence electrons. The predicted octanol–water partition coefficient (Wildman–Crippen LogP) is 2.71. The van der Waals surface area contributed by atoms with Gasteiger partial charge in [0.05, 0.1) is 5.56 Å². The van der Waals surface area contributed by atoms with Gasteiger partial charge in [-0.2, -0.15) is 11.8 Å². The van der Waals surface area contributed by atoms with Gasteiger partial charge in [-0.15, -0.1) is 0 Å². The van der Waals surface area contributed by atoms with Crippen LogP contribution in [0, 0.1) is 0 Å². The van der Waals surface area contributed by atoms with Crippen molar-refractivity contribution in [3.63, 3.8) is 0 Å². The molecule has 0 aliphatic carbocycles. The molecule has 1 aliphatic heterocycles. The van der Waals surface area contributed by atoms with Crippen molar-refractivity contribution in [1.82, 2.24) is 4.90 Å². The first kappa shape index (κ1) is 13.4. The minimum Gasteiger partial charge on any atom is -0.478 e. The summed E-state index contributed by atoms with van der Waals surface area (Å²) in [5, 5.41) is 8.85. The quantitative estimate of drug-likeness (QED) is 0.912. The fourth-order valence-electron chi connectivity index (χ4n) is 2.26. The van der Waals surface area contributed by atoms with E-state index in [1.807, 2.05) is 23.9 Å². The third kappa shape index (κ3) is 3.50. The van der Waals surface area contributed by atoms with Crippen LogP contribution in [0.25, 0.3) is 0 Å². The van der Waals surface area contributed by atoms with E-state index in [1.54, 1.807) is 12.1 Å². The largest absolute Gasteiger partial charge is 0.478 e. The number of thioether (sulfide) groups is 1. The SMILES string of the molecule is CC1(C)CN(Cc2ccc(C(=O)O)cc2)CCS1. The van der Waals surface area contributed by atoms with Crippen LogP contribution in [-0.2, 0) is 6.54 Å². The van der Waals surface area contributed by atoms with Crippen molar-refractivity contribution < 1.29 is 9.90 Å². The number of hydrogen-bond donors (Lipinski definition) is 1. The van der Waals surface area contributed by atoms with Gasteiger partial charge in [-0.05, 0) is 31.5 Å². The molecule has 1 aromatic carbocycles. The summed E-state index contributed by atoms with van der Waals surface area (Å²) in [6, 6.07) is 7.19. The molecule has 1 heterocycles. The third-order valence-electron chi connectivity index (χ3n) is 3.11. The Bertz CT molecular complexity index is 428. The molecule has 0 spiro atoms. The van der Waals surface area contributed by atoms with Gasteiger partial charge in [-0.3, -0.25) is 4.90 Å². The van der Waals surface area contributed by atoms with E-state index in [1.165, 1.54) is 11.3 Å². The number of aromatic carboxylic acids is 1. The maximum absolute atomic E-state index is 10.8. The van der Waals surface area contributed by atoms with Gasteiger partial charge in [0, 0.05) is 30.1 Å². The highest BCUT2D eigenvalue weighted by Crippen LogP contribution is 2.30. The number of carboxylic acids is 1. The number of hydrogen-bond acceptors (Lipinski definition) is 3. The first-order chi connectivity index (χ1) is 8.46. The fraction of sp³-hybridized carbons (Fsp3) is 0.500. The van der Waals surface area contributed by atoms with E-state index in [0.29, 0.717) is 10.3 Å². The Morgan fingerprint density at radius 3 is 2.61 bits per heavy atom. The van der Waals surface area contributed by atoms with Gasteiger partial charge in [0.1, 0.15) is 0 Å². The van der Waals surface area contributed by atoms with Gasteiger partial charge in [0.2, 0.25) is 0 Å². The molecule has 0 saturated carbocycles. The Morgan fingerprint density at radius 1 is 1.39 bits per heavy atom. The number of carbonyl (C=O) groups is 1. The molecule has 0 atom stereocenters. The first-order valence-corrected chi connectivity index (χ1v) is 7.13. The average Bonchev–Trinajstić information content (AvgIpc) is 2.28. The van der Waals surface area contributed by atoms with Gasteiger partial charge in [-0.1, -0.05) is 12.1 Å². The second-order valence-electron chi connectivity index (χ2n) is 5.32. The number of benzene rings is 1. The minimum atomic E-state index is -0.864. The Kier molecular flexibility index (Phi) is 3.97. The van der Waals surface area contributed by atoms with E-state index in [-0.39, 0.29) is 0 Å². The third-order valence-corrected chi connectivity index (χ3v) is 4.41. The van der Waals surface area contributed by atoms with Crippen LogP contribution in [0.15, 0.2) is 24.3 Å². The topological polar surface area (TPSA) is 40.5 Å². The smallest absolute Gasteiger partial charge is 0.335 e. The monoisotopic (exact) mass is 265 g/mol. The van der Waals surface area contributed by atoms with Crippen molar-refractivity contribution >= 4 is 17.7 Å². The second-order valence-corrected chi connectivity index (χ2v) is 7.12. The molecule has 0 bridgehead atoms. The van der Waals surface area contributed by atoms with Gasteiger partial charge in [0.15, 0.2) is 0 Å².